The molecule has 1 rings (SSSR count). The quantitative estimate of drug-likeness (QED) is 0.0801. The van der Waals surface area contributed by atoms with Gasteiger partial charge in [-0.3, -0.25) is 0 Å². The van der Waals surface area contributed by atoms with Crippen molar-refractivity contribution in [3.05, 3.63) is 34.4 Å². The minimum absolute atomic E-state index is 0.188. The van der Waals surface area contributed by atoms with E-state index in [4.69, 9.17) is 4.74 Å². The summed E-state index contributed by atoms with van der Waals surface area (Å²) in [5.74, 6) is -1.48. The van der Waals surface area contributed by atoms with Crippen LogP contribution in [0.1, 0.15) is 200 Å². The molecule has 0 aliphatic rings. The van der Waals surface area contributed by atoms with E-state index in [0.717, 1.165) is 56.1 Å². The van der Waals surface area contributed by atoms with E-state index in [1.54, 1.807) is 6.07 Å². The van der Waals surface area contributed by atoms with Crippen LogP contribution in [0.3, 0.4) is 0 Å². The van der Waals surface area contributed by atoms with Gasteiger partial charge in [0, 0.05) is 0 Å². The van der Waals surface area contributed by atoms with Crippen LogP contribution >= 0.6 is 0 Å². The van der Waals surface area contributed by atoms with Crippen molar-refractivity contribution in [3.63, 3.8) is 0 Å². The molecule has 41 heavy (non-hydrogen) atoms. The van der Waals surface area contributed by atoms with Crippen LogP contribution in [-0.2, 0) is 17.6 Å². The second-order valence-electron chi connectivity index (χ2n) is 12.1. The summed E-state index contributed by atoms with van der Waals surface area (Å²) in [4.78, 5) is 25.6. The van der Waals surface area contributed by atoms with Crippen molar-refractivity contribution in [1.82, 2.24) is 0 Å². The number of unbranched alkanes of at least 4 members (excludes halogenated alkanes) is 20. The number of carbonyl (C=O) groups excluding carboxylic acids is 1. The van der Waals surface area contributed by atoms with E-state index in [0.29, 0.717) is 6.61 Å². The van der Waals surface area contributed by atoms with E-state index in [2.05, 4.69) is 20.8 Å². The van der Waals surface area contributed by atoms with Gasteiger partial charge in [0.05, 0.1) is 17.7 Å². The van der Waals surface area contributed by atoms with Crippen LogP contribution in [0, 0.1) is 0 Å². The Kier molecular flexibility index (Phi) is 23.4. The van der Waals surface area contributed by atoms with Crippen LogP contribution in [0.25, 0.3) is 0 Å². The van der Waals surface area contributed by atoms with Gasteiger partial charge in [-0.25, -0.2) is 9.59 Å². The van der Waals surface area contributed by atoms with E-state index < -0.39 is 11.9 Å². The minimum atomic E-state index is -1.00. The molecule has 0 bridgehead atoms. The summed E-state index contributed by atoms with van der Waals surface area (Å²) in [5, 5.41) is 10.2. The van der Waals surface area contributed by atoms with Crippen LogP contribution < -0.4 is 0 Å². The lowest BCUT2D eigenvalue weighted by Gasteiger charge is -2.17. The van der Waals surface area contributed by atoms with Crippen molar-refractivity contribution in [2.75, 3.05) is 6.61 Å². The predicted molar refractivity (Wildman–Crippen MR) is 174 cm³/mol. The Morgan fingerprint density at radius 3 is 1.44 bits per heavy atom. The van der Waals surface area contributed by atoms with Crippen molar-refractivity contribution >= 4 is 11.9 Å². The monoisotopic (exact) mass is 572 g/mol. The molecule has 4 heteroatoms. The fourth-order valence-electron chi connectivity index (χ4n) is 5.81. The third-order valence-electron chi connectivity index (χ3n) is 8.40. The highest BCUT2D eigenvalue weighted by Gasteiger charge is 2.24. The van der Waals surface area contributed by atoms with Gasteiger partial charge >= 0.3 is 11.9 Å². The Balaban J connectivity index is 2.75. The molecule has 4 nitrogen and oxygen atoms in total. The fraction of sp³-hybridized carbons (Fsp3) is 0.784. The summed E-state index contributed by atoms with van der Waals surface area (Å²) < 4.78 is 5.60. The van der Waals surface area contributed by atoms with Gasteiger partial charge in [0.1, 0.15) is 0 Å². The summed E-state index contributed by atoms with van der Waals surface area (Å²) in [5.41, 5.74) is 2.40. The van der Waals surface area contributed by atoms with E-state index in [-0.39, 0.29) is 11.1 Å². The first-order valence-electron chi connectivity index (χ1n) is 17.6. The van der Waals surface area contributed by atoms with Gasteiger partial charge in [0.2, 0.25) is 0 Å². The second kappa shape index (κ2) is 25.8. The van der Waals surface area contributed by atoms with E-state index >= 15 is 0 Å². The van der Waals surface area contributed by atoms with Crippen LogP contribution in [-0.4, -0.2) is 23.7 Å². The van der Waals surface area contributed by atoms with E-state index in [1.165, 1.54) is 116 Å². The van der Waals surface area contributed by atoms with Crippen LogP contribution in [0.15, 0.2) is 12.1 Å². The standard InChI is InChI=1S/C37H64O4/c1-4-7-10-13-16-17-20-23-26-31-41-37(40)34-30-29-32(27-24-21-18-14-11-8-5-2)33(35(34)36(38)39)28-25-22-19-15-12-9-6-3/h29-30H,4-28,31H2,1-3H3,(H,38,39). The topological polar surface area (TPSA) is 63.6 Å². The third-order valence-corrected chi connectivity index (χ3v) is 8.40. The zero-order valence-corrected chi connectivity index (χ0v) is 27.2. The summed E-state index contributed by atoms with van der Waals surface area (Å²) in [7, 11) is 0. The van der Waals surface area contributed by atoms with Crippen LogP contribution in [0.5, 0.6) is 0 Å². The van der Waals surface area contributed by atoms with Gasteiger partial charge in [0.15, 0.2) is 0 Å². The number of hydrogen-bond donors (Lipinski definition) is 1. The minimum Gasteiger partial charge on any atom is -0.478 e. The maximum Gasteiger partial charge on any atom is 0.339 e. The first kappa shape index (κ1) is 37.2. The highest BCUT2D eigenvalue weighted by Crippen LogP contribution is 2.26. The van der Waals surface area contributed by atoms with Gasteiger partial charge in [-0.05, 0) is 49.3 Å². The number of aromatic carboxylic acids is 1. The SMILES string of the molecule is CCCCCCCCCCCOC(=O)c1ccc(CCCCCCCCC)c(CCCCCCCCC)c1C(=O)O. The maximum atomic E-state index is 13.0. The maximum absolute atomic E-state index is 13.0. The molecule has 236 valence electrons. The zero-order chi connectivity index (χ0) is 30.0. The number of rotatable bonds is 28. The molecule has 0 atom stereocenters. The predicted octanol–water partition coefficient (Wildman–Crippen LogP) is 11.7. The molecule has 0 heterocycles. The average Bonchev–Trinajstić information content (AvgIpc) is 2.97. The van der Waals surface area contributed by atoms with Crippen molar-refractivity contribution in [2.45, 2.75) is 181 Å². The van der Waals surface area contributed by atoms with E-state index in [1.807, 2.05) is 6.07 Å². The summed E-state index contributed by atoms with van der Waals surface area (Å²) in [6, 6.07) is 3.72. The lowest BCUT2D eigenvalue weighted by Crippen LogP contribution is -2.16. The van der Waals surface area contributed by atoms with Crippen molar-refractivity contribution < 1.29 is 19.4 Å². The molecule has 0 aromatic heterocycles. The molecule has 0 saturated heterocycles. The lowest BCUT2D eigenvalue weighted by atomic mass is 9.89. The van der Waals surface area contributed by atoms with Crippen LogP contribution in [0.4, 0.5) is 0 Å². The second-order valence-corrected chi connectivity index (χ2v) is 12.1. The molecule has 0 aliphatic heterocycles. The number of carboxylic acid groups (broad SMARTS) is 1. The van der Waals surface area contributed by atoms with Crippen molar-refractivity contribution in [1.29, 1.82) is 0 Å². The lowest BCUT2D eigenvalue weighted by molar-refractivity contribution is 0.0487. The van der Waals surface area contributed by atoms with Crippen molar-refractivity contribution in [3.8, 4) is 0 Å². The smallest absolute Gasteiger partial charge is 0.339 e. The van der Waals surface area contributed by atoms with Gasteiger partial charge in [-0.15, -0.1) is 0 Å². The Hall–Kier alpha value is -1.84. The largest absolute Gasteiger partial charge is 0.478 e. The number of esters is 1. The molecule has 0 aliphatic carbocycles. The van der Waals surface area contributed by atoms with Crippen molar-refractivity contribution in [2.24, 2.45) is 0 Å². The highest BCUT2D eigenvalue weighted by atomic mass is 16.5. The summed E-state index contributed by atoms with van der Waals surface area (Å²) >= 11 is 0. The van der Waals surface area contributed by atoms with Gasteiger partial charge < -0.3 is 9.84 Å². The number of benzene rings is 1. The molecular weight excluding hydrogens is 508 g/mol. The van der Waals surface area contributed by atoms with Gasteiger partial charge in [0.25, 0.3) is 0 Å². The Bertz CT molecular complexity index is 800. The molecule has 0 amide bonds. The first-order chi connectivity index (χ1) is 20.1. The molecule has 1 N–H and O–H groups in total. The zero-order valence-electron chi connectivity index (χ0n) is 27.2. The molecule has 0 radical (unpaired) electrons. The van der Waals surface area contributed by atoms with E-state index in [9.17, 15) is 14.7 Å². The number of aryl methyl sites for hydroxylation is 1. The number of hydrogen-bond acceptors (Lipinski definition) is 3. The summed E-state index contributed by atoms with van der Waals surface area (Å²) in [6.45, 7) is 7.07. The van der Waals surface area contributed by atoms with Gasteiger partial charge in [-0.1, -0.05) is 155 Å². The first-order valence-corrected chi connectivity index (χ1v) is 17.6. The average molecular weight is 573 g/mol. The Morgan fingerprint density at radius 1 is 0.561 bits per heavy atom. The molecule has 0 unspecified atom stereocenters. The summed E-state index contributed by atoms with van der Waals surface area (Å²) in [6.07, 6.45) is 29.4. The molecule has 0 saturated carbocycles. The number of carbonyl (C=O) groups is 2. The van der Waals surface area contributed by atoms with Crippen LogP contribution in [0.2, 0.25) is 0 Å². The molecule has 1 aromatic rings. The Labute approximate surface area is 253 Å². The molecular formula is C37H64O4. The number of carboxylic acids is 1. The molecule has 0 spiro atoms. The third kappa shape index (κ3) is 17.7. The normalized spacial score (nSPS) is 11.2. The van der Waals surface area contributed by atoms with Gasteiger partial charge in [-0.2, -0.15) is 0 Å². The Morgan fingerprint density at radius 2 is 0.976 bits per heavy atom. The fourth-order valence-corrected chi connectivity index (χ4v) is 5.81. The highest BCUT2D eigenvalue weighted by molar-refractivity contribution is 6.03. The molecule has 1 aromatic carbocycles. The number of ether oxygens (including phenoxy) is 1. The molecule has 0 fully saturated rings.